The van der Waals surface area contributed by atoms with Gasteiger partial charge in [0, 0.05) is 25.4 Å². The van der Waals surface area contributed by atoms with Crippen LogP contribution in [0.25, 0.3) is 0 Å². The minimum atomic E-state index is -2.84. The number of nitrogens with two attached hydrogens (primary N) is 1. The highest BCUT2D eigenvalue weighted by Gasteiger charge is 2.21. The fourth-order valence-corrected chi connectivity index (χ4v) is 2.47. The Morgan fingerprint density at radius 1 is 1.43 bits per heavy atom. The lowest BCUT2D eigenvalue weighted by atomic mass is 10.0. The highest BCUT2D eigenvalue weighted by atomic mass is 32.2. The summed E-state index contributed by atoms with van der Waals surface area (Å²) in [6, 6.07) is 0.394. The van der Waals surface area contributed by atoms with Crippen LogP contribution in [0, 0.1) is 0 Å². The van der Waals surface area contributed by atoms with Crippen molar-refractivity contribution in [2.75, 3.05) is 31.6 Å². The van der Waals surface area contributed by atoms with E-state index < -0.39 is 9.84 Å². The summed E-state index contributed by atoms with van der Waals surface area (Å²) in [6.07, 6.45) is 4.78. The minimum absolute atomic E-state index is 0.253. The number of sulfone groups is 1. The Bertz CT molecular complexity index is 264. The van der Waals surface area contributed by atoms with E-state index in [0.717, 1.165) is 13.0 Å². The van der Waals surface area contributed by atoms with E-state index in [4.69, 9.17) is 5.73 Å². The van der Waals surface area contributed by atoms with Gasteiger partial charge in [0.05, 0.1) is 5.75 Å². The third kappa shape index (κ3) is 3.94. The van der Waals surface area contributed by atoms with E-state index in [9.17, 15) is 8.42 Å². The van der Waals surface area contributed by atoms with Crippen molar-refractivity contribution in [2.24, 2.45) is 5.73 Å². The predicted molar refractivity (Wildman–Crippen MR) is 58.0 cm³/mol. The standard InChI is InChI=1S/C9H20N2O2S/c1-14(12,13)7-6-11-5-3-2-4-9(11)8-10/h9H,2-8,10H2,1H3. The van der Waals surface area contributed by atoms with Crippen molar-refractivity contribution in [3.05, 3.63) is 0 Å². The van der Waals surface area contributed by atoms with Gasteiger partial charge in [0.25, 0.3) is 0 Å². The largest absolute Gasteiger partial charge is 0.329 e. The van der Waals surface area contributed by atoms with Gasteiger partial charge in [-0.1, -0.05) is 6.42 Å². The van der Waals surface area contributed by atoms with Gasteiger partial charge in [0.15, 0.2) is 0 Å². The van der Waals surface area contributed by atoms with Gasteiger partial charge in [-0.15, -0.1) is 0 Å². The molecule has 0 amide bonds. The second-order valence-electron chi connectivity index (χ2n) is 4.05. The second-order valence-corrected chi connectivity index (χ2v) is 6.31. The molecule has 1 rings (SSSR count). The number of hydrogen-bond acceptors (Lipinski definition) is 4. The fourth-order valence-electron chi connectivity index (χ4n) is 1.90. The molecule has 0 radical (unpaired) electrons. The molecule has 0 bridgehead atoms. The highest BCUT2D eigenvalue weighted by Crippen LogP contribution is 2.15. The number of nitrogens with zero attached hydrogens (tertiary/aromatic N) is 1. The molecule has 0 aromatic carbocycles. The Balaban J connectivity index is 2.41. The zero-order valence-corrected chi connectivity index (χ0v) is 9.59. The summed E-state index contributed by atoms with van der Waals surface area (Å²) in [7, 11) is -2.84. The van der Waals surface area contributed by atoms with Crippen molar-refractivity contribution >= 4 is 9.84 Å². The lowest BCUT2D eigenvalue weighted by Crippen LogP contribution is -2.45. The highest BCUT2D eigenvalue weighted by molar-refractivity contribution is 7.90. The van der Waals surface area contributed by atoms with Crippen molar-refractivity contribution in [3.63, 3.8) is 0 Å². The molecule has 4 nitrogen and oxygen atoms in total. The summed E-state index contributed by atoms with van der Waals surface area (Å²) in [5.74, 6) is 0.253. The van der Waals surface area contributed by atoms with E-state index in [1.165, 1.54) is 19.1 Å². The molecule has 2 N–H and O–H groups in total. The van der Waals surface area contributed by atoms with Crippen molar-refractivity contribution in [3.8, 4) is 0 Å². The lowest BCUT2D eigenvalue weighted by Gasteiger charge is -2.34. The number of piperidine rings is 1. The molecule has 1 saturated heterocycles. The van der Waals surface area contributed by atoms with E-state index >= 15 is 0 Å². The summed E-state index contributed by atoms with van der Waals surface area (Å²) in [5, 5.41) is 0. The van der Waals surface area contributed by atoms with Gasteiger partial charge in [0.1, 0.15) is 9.84 Å². The van der Waals surface area contributed by atoms with Gasteiger partial charge in [0.2, 0.25) is 0 Å². The van der Waals surface area contributed by atoms with E-state index in [-0.39, 0.29) is 5.75 Å². The average molecular weight is 220 g/mol. The average Bonchev–Trinajstić information content (AvgIpc) is 2.14. The molecule has 1 heterocycles. The molecule has 0 aromatic rings. The third-order valence-electron chi connectivity index (χ3n) is 2.77. The smallest absolute Gasteiger partial charge is 0.148 e. The van der Waals surface area contributed by atoms with E-state index in [0.29, 0.717) is 19.1 Å². The van der Waals surface area contributed by atoms with Gasteiger partial charge in [-0.2, -0.15) is 0 Å². The van der Waals surface area contributed by atoms with Gasteiger partial charge < -0.3 is 5.73 Å². The molecule has 0 aliphatic carbocycles. The van der Waals surface area contributed by atoms with Crippen LogP contribution in [0.3, 0.4) is 0 Å². The number of likely N-dealkylation sites (tertiary alicyclic amines) is 1. The van der Waals surface area contributed by atoms with E-state index in [1.54, 1.807) is 0 Å². The molecule has 0 aromatic heterocycles. The zero-order valence-electron chi connectivity index (χ0n) is 8.78. The van der Waals surface area contributed by atoms with Crippen LogP contribution >= 0.6 is 0 Å². The summed E-state index contributed by atoms with van der Waals surface area (Å²) >= 11 is 0. The first kappa shape index (κ1) is 11.9. The Morgan fingerprint density at radius 3 is 2.71 bits per heavy atom. The summed E-state index contributed by atoms with van der Waals surface area (Å²) in [5.41, 5.74) is 5.64. The first-order chi connectivity index (χ1) is 6.53. The van der Waals surface area contributed by atoms with Crippen molar-refractivity contribution in [1.29, 1.82) is 0 Å². The van der Waals surface area contributed by atoms with Crippen LogP contribution < -0.4 is 5.73 Å². The maximum Gasteiger partial charge on any atom is 0.148 e. The number of hydrogen-bond donors (Lipinski definition) is 1. The molecule has 0 spiro atoms. The maximum atomic E-state index is 11.0. The summed E-state index contributed by atoms with van der Waals surface area (Å²) in [4.78, 5) is 2.21. The zero-order chi connectivity index (χ0) is 10.6. The lowest BCUT2D eigenvalue weighted by molar-refractivity contribution is 0.162. The summed E-state index contributed by atoms with van der Waals surface area (Å²) in [6.45, 7) is 2.28. The van der Waals surface area contributed by atoms with Crippen LogP contribution in [0.15, 0.2) is 0 Å². The van der Waals surface area contributed by atoms with Gasteiger partial charge >= 0.3 is 0 Å². The van der Waals surface area contributed by atoms with Crippen LogP contribution in [0.5, 0.6) is 0 Å². The summed E-state index contributed by atoms with van der Waals surface area (Å²) < 4.78 is 22.0. The predicted octanol–water partition coefficient (Wildman–Crippen LogP) is -0.156. The van der Waals surface area contributed by atoms with Gasteiger partial charge in [-0.25, -0.2) is 8.42 Å². The fraction of sp³-hybridized carbons (Fsp3) is 1.00. The molecular weight excluding hydrogens is 200 g/mol. The Morgan fingerprint density at radius 2 is 2.14 bits per heavy atom. The normalized spacial score (nSPS) is 25.1. The minimum Gasteiger partial charge on any atom is -0.329 e. The topological polar surface area (TPSA) is 63.4 Å². The molecule has 1 atom stereocenters. The van der Waals surface area contributed by atoms with Crippen molar-refractivity contribution in [2.45, 2.75) is 25.3 Å². The molecular formula is C9H20N2O2S. The molecule has 0 saturated carbocycles. The van der Waals surface area contributed by atoms with Crippen molar-refractivity contribution < 1.29 is 8.42 Å². The van der Waals surface area contributed by atoms with Crippen LogP contribution in [-0.4, -0.2) is 51.0 Å². The van der Waals surface area contributed by atoms with Gasteiger partial charge in [-0.05, 0) is 19.4 Å². The van der Waals surface area contributed by atoms with E-state index in [2.05, 4.69) is 4.90 Å². The Hall–Kier alpha value is -0.130. The first-order valence-corrected chi connectivity index (χ1v) is 7.21. The first-order valence-electron chi connectivity index (χ1n) is 5.15. The third-order valence-corrected chi connectivity index (χ3v) is 3.69. The monoisotopic (exact) mass is 220 g/mol. The van der Waals surface area contributed by atoms with Gasteiger partial charge in [-0.3, -0.25) is 4.90 Å². The quantitative estimate of drug-likeness (QED) is 0.715. The van der Waals surface area contributed by atoms with Crippen LogP contribution in [0.1, 0.15) is 19.3 Å². The molecule has 5 heteroatoms. The Labute approximate surface area is 86.4 Å². The molecule has 1 aliphatic rings. The number of rotatable bonds is 4. The molecule has 1 fully saturated rings. The van der Waals surface area contributed by atoms with Crippen LogP contribution in [0.4, 0.5) is 0 Å². The molecule has 1 unspecified atom stereocenters. The molecule has 14 heavy (non-hydrogen) atoms. The van der Waals surface area contributed by atoms with E-state index in [1.807, 2.05) is 0 Å². The SMILES string of the molecule is CS(=O)(=O)CCN1CCCCC1CN. The maximum absolute atomic E-state index is 11.0. The Kier molecular flexibility index (Phi) is 4.34. The molecule has 1 aliphatic heterocycles. The van der Waals surface area contributed by atoms with Crippen LogP contribution in [-0.2, 0) is 9.84 Å². The van der Waals surface area contributed by atoms with Crippen LogP contribution in [0.2, 0.25) is 0 Å². The molecule has 84 valence electrons. The second kappa shape index (κ2) is 5.09. The van der Waals surface area contributed by atoms with Crippen molar-refractivity contribution in [1.82, 2.24) is 4.90 Å².